The molecule has 1 rings (SSSR count). The van der Waals surface area contributed by atoms with Crippen LogP contribution in [-0.4, -0.2) is 34.8 Å². The third-order valence-electron chi connectivity index (χ3n) is 2.92. The summed E-state index contributed by atoms with van der Waals surface area (Å²) in [5.41, 5.74) is 4.71. The second-order valence-electron chi connectivity index (χ2n) is 4.33. The summed E-state index contributed by atoms with van der Waals surface area (Å²) in [6.07, 6.45) is 6.28. The molecule has 0 aromatic carbocycles. The third-order valence-corrected chi connectivity index (χ3v) is 2.92. The topological polar surface area (TPSA) is 90.9 Å². The van der Waals surface area contributed by atoms with Crippen LogP contribution < -0.4 is 11.1 Å². The van der Waals surface area contributed by atoms with Gasteiger partial charge in [0.05, 0.1) is 12.1 Å². The van der Waals surface area contributed by atoms with E-state index in [4.69, 9.17) is 10.9 Å². The number of hydrogen-bond donors (Lipinski definition) is 4. The van der Waals surface area contributed by atoms with Crippen LogP contribution in [0.4, 0.5) is 0 Å². The molecular formula is C10H21N3O2. The van der Waals surface area contributed by atoms with E-state index in [0.29, 0.717) is 13.1 Å². The molecule has 0 atom stereocenters. The van der Waals surface area contributed by atoms with Gasteiger partial charge in [-0.05, 0) is 12.8 Å². The van der Waals surface area contributed by atoms with E-state index in [1.807, 2.05) is 0 Å². The first-order valence-corrected chi connectivity index (χ1v) is 5.56. The molecule has 88 valence electrons. The van der Waals surface area contributed by atoms with Crippen molar-refractivity contribution in [3.63, 3.8) is 0 Å². The Hall–Kier alpha value is -0.810. The van der Waals surface area contributed by atoms with Gasteiger partial charge in [-0.2, -0.15) is 0 Å². The lowest BCUT2D eigenvalue weighted by atomic mass is 9.94. The normalized spacial score (nSPS) is 22.3. The summed E-state index contributed by atoms with van der Waals surface area (Å²) >= 11 is 0. The summed E-state index contributed by atoms with van der Waals surface area (Å²) in [7, 11) is 0. The minimum absolute atomic E-state index is 0.146. The molecule has 1 fully saturated rings. The molecule has 5 N–H and O–H groups in total. The van der Waals surface area contributed by atoms with Gasteiger partial charge in [0.2, 0.25) is 0 Å². The molecule has 0 saturated heterocycles. The van der Waals surface area contributed by atoms with Gasteiger partial charge >= 0.3 is 0 Å². The molecule has 1 aliphatic carbocycles. The summed E-state index contributed by atoms with van der Waals surface area (Å²) in [6.45, 7) is 0.835. The Bertz CT molecular complexity index is 211. The lowest BCUT2D eigenvalue weighted by Gasteiger charge is -2.26. The molecule has 5 nitrogen and oxygen atoms in total. The van der Waals surface area contributed by atoms with E-state index in [0.717, 1.165) is 25.7 Å². The average molecular weight is 215 g/mol. The maximum Gasteiger partial charge on any atom is 0.153 e. The smallest absolute Gasteiger partial charge is 0.153 e. The van der Waals surface area contributed by atoms with E-state index >= 15 is 0 Å². The Kier molecular flexibility index (Phi) is 4.84. The van der Waals surface area contributed by atoms with Crippen molar-refractivity contribution >= 4 is 5.84 Å². The summed E-state index contributed by atoms with van der Waals surface area (Å²) < 4.78 is 0. The SMILES string of the molecule is NC(CNCC1(O)CCCCCC1)=NO. The molecule has 0 radical (unpaired) electrons. The Morgan fingerprint density at radius 2 is 1.87 bits per heavy atom. The molecular weight excluding hydrogens is 194 g/mol. The molecule has 0 aliphatic heterocycles. The van der Waals surface area contributed by atoms with Crippen molar-refractivity contribution in [2.45, 2.75) is 44.1 Å². The van der Waals surface area contributed by atoms with Crippen LogP contribution in [0.1, 0.15) is 38.5 Å². The van der Waals surface area contributed by atoms with Crippen molar-refractivity contribution in [2.75, 3.05) is 13.1 Å². The molecule has 0 aromatic heterocycles. The van der Waals surface area contributed by atoms with Crippen LogP contribution in [0.3, 0.4) is 0 Å². The minimum Gasteiger partial charge on any atom is -0.409 e. The molecule has 0 unspecified atom stereocenters. The maximum atomic E-state index is 10.2. The first-order valence-electron chi connectivity index (χ1n) is 5.56. The van der Waals surface area contributed by atoms with Crippen molar-refractivity contribution in [3.05, 3.63) is 0 Å². The largest absolute Gasteiger partial charge is 0.409 e. The number of oxime groups is 1. The lowest BCUT2D eigenvalue weighted by molar-refractivity contribution is 0.0264. The summed E-state index contributed by atoms with van der Waals surface area (Å²) in [6, 6.07) is 0. The standard InChI is InChI=1S/C10H21N3O2/c11-9(13-15)7-12-8-10(14)5-3-1-2-4-6-10/h12,14-15H,1-8H2,(H2,11,13). The highest BCUT2D eigenvalue weighted by molar-refractivity contribution is 5.81. The summed E-state index contributed by atoms with van der Waals surface area (Å²) in [4.78, 5) is 0. The Balaban J connectivity index is 2.28. The zero-order valence-corrected chi connectivity index (χ0v) is 9.08. The van der Waals surface area contributed by atoms with Gasteiger partial charge < -0.3 is 21.4 Å². The number of nitrogens with two attached hydrogens (primary N) is 1. The quantitative estimate of drug-likeness (QED) is 0.180. The van der Waals surface area contributed by atoms with Gasteiger partial charge in [-0.25, -0.2) is 0 Å². The van der Waals surface area contributed by atoms with Crippen molar-refractivity contribution in [1.82, 2.24) is 5.32 Å². The number of nitrogens with one attached hydrogen (secondary N) is 1. The van der Waals surface area contributed by atoms with Gasteiger partial charge in [-0.15, -0.1) is 0 Å². The lowest BCUT2D eigenvalue weighted by Crippen LogP contribution is -2.43. The van der Waals surface area contributed by atoms with Crippen LogP contribution in [-0.2, 0) is 0 Å². The van der Waals surface area contributed by atoms with Gasteiger partial charge in [0.1, 0.15) is 0 Å². The van der Waals surface area contributed by atoms with Crippen molar-refractivity contribution in [2.24, 2.45) is 10.9 Å². The molecule has 0 bridgehead atoms. The highest BCUT2D eigenvalue weighted by atomic mass is 16.4. The Morgan fingerprint density at radius 3 is 2.40 bits per heavy atom. The van der Waals surface area contributed by atoms with E-state index in [1.165, 1.54) is 12.8 Å². The Labute approximate surface area is 90.3 Å². The summed E-state index contributed by atoms with van der Waals surface area (Å²) in [5.74, 6) is 0.146. The molecule has 1 saturated carbocycles. The molecule has 5 heteroatoms. The van der Waals surface area contributed by atoms with Crippen LogP contribution in [0.5, 0.6) is 0 Å². The van der Waals surface area contributed by atoms with Crippen LogP contribution in [0.25, 0.3) is 0 Å². The average Bonchev–Trinajstić information content (AvgIpc) is 2.43. The van der Waals surface area contributed by atoms with Crippen molar-refractivity contribution in [3.8, 4) is 0 Å². The number of rotatable bonds is 4. The van der Waals surface area contributed by atoms with Crippen molar-refractivity contribution in [1.29, 1.82) is 0 Å². The molecule has 0 amide bonds. The highest BCUT2D eigenvalue weighted by Gasteiger charge is 2.27. The van der Waals surface area contributed by atoms with Crippen molar-refractivity contribution < 1.29 is 10.3 Å². The number of amidine groups is 1. The monoisotopic (exact) mass is 215 g/mol. The van der Waals surface area contributed by atoms with Crippen LogP contribution in [0.2, 0.25) is 0 Å². The molecule has 1 aliphatic rings. The maximum absolute atomic E-state index is 10.2. The van der Waals surface area contributed by atoms with Gasteiger partial charge in [-0.1, -0.05) is 30.8 Å². The Morgan fingerprint density at radius 1 is 1.27 bits per heavy atom. The van der Waals surface area contributed by atoms with Gasteiger partial charge in [0.25, 0.3) is 0 Å². The van der Waals surface area contributed by atoms with Crippen LogP contribution >= 0.6 is 0 Å². The van der Waals surface area contributed by atoms with E-state index in [2.05, 4.69) is 10.5 Å². The fourth-order valence-electron chi connectivity index (χ4n) is 2.02. The fraction of sp³-hybridized carbons (Fsp3) is 0.900. The zero-order chi connectivity index (χ0) is 11.1. The van der Waals surface area contributed by atoms with Gasteiger partial charge in [0.15, 0.2) is 5.84 Å². The van der Waals surface area contributed by atoms with Crippen LogP contribution in [0.15, 0.2) is 5.16 Å². The first kappa shape index (κ1) is 12.3. The van der Waals surface area contributed by atoms with E-state index < -0.39 is 5.60 Å². The molecule has 0 spiro atoms. The number of aliphatic hydroxyl groups is 1. The van der Waals surface area contributed by atoms with Gasteiger partial charge in [-0.3, -0.25) is 0 Å². The van der Waals surface area contributed by atoms with E-state index in [1.54, 1.807) is 0 Å². The van der Waals surface area contributed by atoms with E-state index in [9.17, 15) is 5.11 Å². The predicted molar refractivity (Wildman–Crippen MR) is 58.9 cm³/mol. The minimum atomic E-state index is -0.605. The molecule has 0 aromatic rings. The second-order valence-corrected chi connectivity index (χ2v) is 4.33. The number of nitrogens with zero attached hydrogens (tertiary/aromatic N) is 1. The van der Waals surface area contributed by atoms with Gasteiger partial charge in [0, 0.05) is 6.54 Å². The second kappa shape index (κ2) is 5.92. The molecule has 15 heavy (non-hydrogen) atoms. The highest BCUT2D eigenvalue weighted by Crippen LogP contribution is 2.26. The zero-order valence-electron chi connectivity index (χ0n) is 9.08. The fourth-order valence-corrected chi connectivity index (χ4v) is 2.02. The predicted octanol–water partition coefficient (Wildman–Crippen LogP) is 0.408. The first-order chi connectivity index (χ1) is 7.16. The number of hydrogen-bond acceptors (Lipinski definition) is 4. The summed E-state index contributed by atoms with van der Waals surface area (Å²) in [5, 5.41) is 24.4. The van der Waals surface area contributed by atoms with Crippen LogP contribution in [0, 0.1) is 0 Å². The molecule has 0 heterocycles. The third kappa shape index (κ3) is 4.48. The van der Waals surface area contributed by atoms with E-state index in [-0.39, 0.29) is 5.84 Å².